The summed E-state index contributed by atoms with van der Waals surface area (Å²) in [7, 11) is 0. The number of hydrogen-bond acceptors (Lipinski definition) is 4. The van der Waals surface area contributed by atoms with Crippen LogP contribution in [0.4, 0.5) is 0 Å². The molecule has 0 aliphatic rings. The number of thiophene rings is 1. The Hall–Kier alpha value is -0.710. The van der Waals surface area contributed by atoms with E-state index in [-0.39, 0.29) is 12.4 Å². The highest BCUT2D eigenvalue weighted by atomic mass is 32.1. The number of rotatable bonds is 3. The topological polar surface area (TPSA) is 63.3 Å². The van der Waals surface area contributed by atoms with Crippen molar-refractivity contribution >= 4 is 17.1 Å². The van der Waals surface area contributed by atoms with Crippen LogP contribution in [-0.2, 0) is 0 Å². The number of aliphatic hydroxyl groups excluding tert-OH is 1. The normalized spacial score (nSPS) is 12.9. The molecule has 66 valence electrons. The van der Waals surface area contributed by atoms with Crippen LogP contribution in [0.15, 0.2) is 11.4 Å². The summed E-state index contributed by atoms with van der Waals surface area (Å²) in [6.07, 6.45) is 0. The maximum Gasteiger partial charge on any atom is 0.192 e. The standard InChI is InChI=1S/C8H11NO2S/c1-5-2-3-12-8(5)7(11)6(9)4-10/h2-3,6,10H,4,9H2,1H3. The lowest BCUT2D eigenvalue weighted by Crippen LogP contribution is -2.33. The zero-order valence-electron chi connectivity index (χ0n) is 6.78. The average Bonchev–Trinajstić information content (AvgIpc) is 2.48. The second-order valence-corrected chi connectivity index (χ2v) is 3.50. The van der Waals surface area contributed by atoms with Gasteiger partial charge in [-0.2, -0.15) is 0 Å². The minimum atomic E-state index is -0.776. The highest BCUT2D eigenvalue weighted by molar-refractivity contribution is 7.12. The third-order valence-electron chi connectivity index (χ3n) is 1.62. The Morgan fingerprint density at radius 2 is 2.50 bits per heavy atom. The van der Waals surface area contributed by atoms with Gasteiger partial charge in [0, 0.05) is 0 Å². The lowest BCUT2D eigenvalue weighted by atomic mass is 10.1. The molecule has 0 aliphatic heterocycles. The van der Waals surface area contributed by atoms with Crippen molar-refractivity contribution in [1.82, 2.24) is 0 Å². The molecule has 1 atom stereocenters. The molecule has 1 rings (SSSR count). The molecule has 0 radical (unpaired) electrons. The van der Waals surface area contributed by atoms with E-state index in [4.69, 9.17) is 10.8 Å². The molecule has 0 saturated heterocycles. The maximum atomic E-state index is 11.4. The Morgan fingerprint density at radius 1 is 1.83 bits per heavy atom. The number of Topliss-reactive ketones (excluding diaryl/α,β-unsaturated/α-hetero) is 1. The van der Waals surface area contributed by atoms with E-state index in [2.05, 4.69) is 0 Å². The Kier molecular flexibility index (Phi) is 2.97. The van der Waals surface area contributed by atoms with Gasteiger partial charge in [-0.15, -0.1) is 11.3 Å². The Bertz CT molecular complexity index is 282. The van der Waals surface area contributed by atoms with E-state index in [0.717, 1.165) is 5.56 Å². The average molecular weight is 185 g/mol. The van der Waals surface area contributed by atoms with Crippen molar-refractivity contribution in [3.63, 3.8) is 0 Å². The van der Waals surface area contributed by atoms with E-state index in [1.807, 2.05) is 18.4 Å². The predicted molar refractivity (Wildman–Crippen MR) is 48.4 cm³/mol. The van der Waals surface area contributed by atoms with Gasteiger partial charge >= 0.3 is 0 Å². The molecule has 1 aromatic rings. The van der Waals surface area contributed by atoms with E-state index < -0.39 is 6.04 Å². The van der Waals surface area contributed by atoms with E-state index in [0.29, 0.717) is 4.88 Å². The zero-order chi connectivity index (χ0) is 9.14. The number of nitrogens with two attached hydrogens (primary N) is 1. The Labute approximate surface area is 74.8 Å². The minimum Gasteiger partial charge on any atom is -0.394 e. The summed E-state index contributed by atoms with van der Waals surface area (Å²) in [5.74, 6) is -0.176. The van der Waals surface area contributed by atoms with E-state index in [9.17, 15) is 4.79 Å². The predicted octanol–water partition coefficient (Wildman–Crippen LogP) is 0.559. The third-order valence-corrected chi connectivity index (χ3v) is 2.65. The third kappa shape index (κ3) is 1.72. The molecule has 1 aromatic heterocycles. The highest BCUT2D eigenvalue weighted by Crippen LogP contribution is 2.16. The summed E-state index contributed by atoms with van der Waals surface area (Å²) >= 11 is 1.36. The summed E-state index contributed by atoms with van der Waals surface area (Å²) in [4.78, 5) is 12.0. The van der Waals surface area contributed by atoms with Crippen LogP contribution in [0.5, 0.6) is 0 Å². The Balaban J connectivity index is 2.85. The summed E-state index contributed by atoms with van der Waals surface area (Å²) in [6.45, 7) is 1.56. The quantitative estimate of drug-likeness (QED) is 0.676. The van der Waals surface area contributed by atoms with Crippen LogP contribution in [0.2, 0.25) is 0 Å². The van der Waals surface area contributed by atoms with Gasteiger partial charge in [0.15, 0.2) is 5.78 Å². The fourth-order valence-corrected chi connectivity index (χ4v) is 1.81. The number of hydrogen-bond donors (Lipinski definition) is 2. The van der Waals surface area contributed by atoms with Crippen molar-refractivity contribution in [2.75, 3.05) is 6.61 Å². The van der Waals surface area contributed by atoms with Gasteiger partial charge < -0.3 is 10.8 Å². The molecule has 1 heterocycles. The first kappa shape index (κ1) is 9.38. The molecule has 0 spiro atoms. The molecule has 3 nitrogen and oxygen atoms in total. The number of ketones is 1. The molecular formula is C8H11NO2S. The Morgan fingerprint density at radius 3 is 2.92 bits per heavy atom. The fourth-order valence-electron chi connectivity index (χ4n) is 0.876. The molecule has 0 aliphatic carbocycles. The molecule has 3 N–H and O–H groups in total. The fraction of sp³-hybridized carbons (Fsp3) is 0.375. The lowest BCUT2D eigenvalue weighted by Gasteiger charge is -2.04. The molecule has 0 fully saturated rings. The van der Waals surface area contributed by atoms with Gasteiger partial charge in [0.25, 0.3) is 0 Å². The van der Waals surface area contributed by atoms with Crippen LogP contribution in [-0.4, -0.2) is 23.5 Å². The molecule has 0 bridgehead atoms. The van der Waals surface area contributed by atoms with Crippen molar-refractivity contribution < 1.29 is 9.90 Å². The van der Waals surface area contributed by atoms with Gasteiger partial charge in [-0.05, 0) is 23.9 Å². The zero-order valence-corrected chi connectivity index (χ0v) is 7.60. The first-order chi connectivity index (χ1) is 5.66. The number of carbonyl (C=O) groups is 1. The van der Waals surface area contributed by atoms with Crippen LogP contribution >= 0.6 is 11.3 Å². The molecule has 0 amide bonds. The molecule has 12 heavy (non-hydrogen) atoms. The largest absolute Gasteiger partial charge is 0.394 e. The van der Waals surface area contributed by atoms with Crippen molar-refractivity contribution in [2.45, 2.75) is 13.0 Å². The first-order valence-corrected chi connectivity index (χ1v) is 4.49. The molecule has 1 unspecified atom stereocenters. The van der Waals surface area contributed by atoms with Crippen LogP contribution in [0.1, 0.15) is 15.2 Å². The smallest absolute Gasteiger partial charge is 0.192 e. The van der Waals surface area contributed by atoms with E-state index in [1.165, 1.54) is 11.3 Å². The van der Waals surface area contributed by atoms with Gasteiger partial charge in [-0.1, -0.05) is 0 Å². The van der Waals surface area contributed by atoms with Gasteiger partial charge in [-0.3, -0.25) is 4.79 Å². The van der Waals surface area contributed by atoms with E-state index in [1.54, 1.807) is 0 Å². The van der Waals surface area contributed by atoms with Gasteiger partial charge in [-0.25, -0.2) is 0 Å². The van der Waals surface area contributed by atoms with Crippen molar-refractivity contribution in [2.24, 2.45) is 5.73 Å². The van der Waals surface area contributed by atoms with Gasteiger partial charge in [0.1, 0.15) is 0 Å². The number of carbonyl (C=O) groups excluding carboxylic acids is 1. The minimum absolute atomic E-state index is 0.176. The lowest BCUT2D eigenvalue weighted by molar-refractivity contribution is 0.0929. The monoisotopic (exact) mass is 185 g/mol. The van der Waals surface area contributed by atoms with Crippen molar-refractivity contribution in [3.8, 4) is 0 Å². The van der Waals surface area contributed by atoms with Crippen molar-refractivity contribution in [1.29, 1.82) is 0 Å². The van der Waals surface area contributed by atoms with Crippen LogP contribution in [0.3, 0.4) is 0 Å². The van der Waals surface area contributed by atoms with Gasteiger partial charge in [0.2, 0.25) is 0 Å². The maximum absolute atomic E-state index is 11.4. The van der Waals surface area contributed by atoms with Gasteiger partial charge in [0.05, 0.1) is 17.5 Å². The van der Waals surface area contributed by atoms with Crippen molar-refractivity contribution in [3.05, 3.63) is 21.9 Å². The molecule has 0 saturated carbocycles. The second-order valence-electron chi connectivity index (χ2n) is 2.59. The highest BCUT2D eigenvalue weighted by Gasteiger charge is 2.17. The molecular weight excluding hydrogens is 174 g/mol. The van der Waals surface area contributed by atoms with E-state index >= 15 is 0 Å². The number of aliphatic hydroxyl groups is 1. The SMILES string of the molecule is Cc1ccsc1C(=O)C(N)CO. The van der Waals surface area contributed by atoms with Crippen LogP contribution < -0.4 is 5.73 Å². The summed E-state index contributed by atoms with van der Waals surface area (Å²) < 4.78 is 0. The summed E-state index contributed by atoms with van der Waals surface area (Å²) in [5, 5.41) is 10.5. The van der Waals surface area contributed by atoms with Crippen LogP contribution in [0.25, 0.3) is 0 Å². The van der Waals surface area contributed by atoms with Crippen LogP contribution in [0, 0.1) is 6.92 Å². The summed E-state index contributed by atoms with van der Waals surface area (Å²) in [5.41, 5.74) is 6.31. The second kappa shape index (κ2) is 3.80. The summed E-state index contributed by atoms with van der Waals surface area (Å²) in [6, 6.07) is 1.09. The number of aryl methyl sites for hydroxylation is 1. The molecule has 4 heteroatoms. The molecule has 0 aromatic carbocycles. The first-order valence-electron chi connectivity index (χ1n) is 3.61.